The number of hydrogen-bond donors (Lipinski definition) is 2. The number of esters is 10. The summed E-state index contributed by atoms with van der Waals surface area (Å²) in [7, 11) is 1.42. The van der Waals surface area contributed by atoms with E-state index >= 15 is 0 Å². The SMILES string of the molecule is CC.CCC(C)(C)C(=O)OC.CCC(C)(C)C(=O)OC1C(=O)OC2C(O)C(O)OC12.CCC(C)(C)C(=O)OC1C(=O)OC2C3OC(C)(C)OC3OC12.CCC(C)(C)C(=O)OC1C(=O)OC2C3OC4(CCCCC4)OC3OC12.CCC(C)(C)C(=O)OC1C2CC3C1OC(=O)C3(C#N)C2.O=C1OCC2CCCCC12. The molecule has 14 rings (SSSR count). The van der Waals surface area contributed by atoms with E-state index < -0.39 is 179 Å². The van der Waals surface area contributed by atoms with Gasteiger partial charge in [0, 0.05) is 30.6 Å². The van der Waals surface area contributed by atoms with E-state index in [1.807, 2.05) is 76.2 Å². The molecule has 22 unspecified atom stereocenters. The third kappa shape index (κ3) is 17.9. The number of nitriles is 1. The molecular weight excluding hydrogens is 1400 g/mol. The summed E-state index contributed by atoms with van der Waals surface area (Å²) in [6.07, 6.45) is 0.692. The monoisotopic (exact) mass is 1520 g/mol. The zero-order valence-electron chi connectivity index (χ0n) is 66.0. The lowest BCUT2D eigenvalue weighted by Gasteiger charge is -2.33. The molecule has 107 heavy (non-hydrogen) atoms. The summed E-state index contributed by atoms with van der Waals surface area (Å²) in [6.45, 7) is 35.7. The topological polar surface area (TPSA) is 392 Å². The third-order valence-electron chi connectivity index (χ3n) is 23.9. The number of cyclic esters (lactones) is 1. The Labute approximate surface area is 627 Å². The van der Waals surface area contributed by atoms with Gasteiger partial charge in [-0.15, -0.1) is 0 Å². The number of methoxy groups -OCH3 is 1. The molecule has 1 spiro atoms. The molecule has 22 atom stereocenters. The normalized spacial score (nSPS) is 36.3. The smallest absolute Gasteiger partial charge is 0.350 e. The Hall–Kier alpha value is -6.17. The zero-order valence-corrected chi connectivity index (χ0v) is 66.0. The predicted molar refractivity (Wildman–Crippen MR) is 369 cm³/mol. The highest BCUT2D eigenvalue weighted by Gasteiger charge is 2.73. The second-order valence-electron chi connectivity index (χ2n) is 33.5. The number of hydrogen-bond acceptors (Lipinski definition) is 30. The molecule has 0 aromatic heterocycles. The van der Waals surface area contributed by atoms with E-state index in [0.29, 0.717) is 44.6 Å². The Morgan fingerprint density at radius 1 is 0.495 bits per heavy atom. The van der Waals surface area contributed by atoms with Crippen LogP contribution in [0.5, 0.6) is 0 Å². The number of aliphatic hydroxyl groups excluding tert-OH is 2. The summed E-state index contributed by atoms with van der Waals surface area (Å²) in [4.78, 5) is 118. The molecule has 10 saturated heterocycles. The van der Waals surface area contributed by atoms with Crippen LogP contribution in [0, 0.1) is 67.5 Å². The molecule has 4 saturated carbocycles. The summed E-state index contributed by atoms with van der Waals surface area (Å²) >= 11 is 0. The minimum Gasteiger partial charge on any atom is -0.469 e. The van der Waals surface area contributed by atoms with Gasteiger partial charge in [-0.25, -0.2) is 14.4 Å². The summed E-state index contributed by atoms with van der Waals surface area (Å²) in [5.74, 6) is -4.67. The zero-order chi connectivity index (χ0) is 79.6. The first-order chi connectivity index (χ1) is 50.0. The van der Waals surface area contributed by atoms with Gasteiger partial charge in [0.25, 0.3) is 0 Å². The largest absolute Gasteiger partial charge is 0.469 e. The Kier molecular flexibility index (Phi) is 27.3. The molecule has 2 N–H and O–H groups in total. The molecule has 0 aromatic carbocycles. The number of rotatable bonds is 14. The van der Waals surface area contributed by atoms with Crippen LogP contribution in [0.15, 0.2) is 0 Å². The van der Waals surface area contributed by atoms with Gasteiger partial charge in [0.15, 0.2) is 66.4 Å². The van der Waals surface area contributed by atoms with Gasteiger partial charge in [-0.2, -0.15) is 5.26 Å². The first-order valence-corrected chi connectivity index (χ1v) is 38.4. The van der Waals surface area contributed by atoms with Gasteiger partial charge in [0.1, 0.15) is 36.6 Å². The van der Waals surface area contributed by atoms with Crippen LogP contribution in [0.4, 0.5) is 0 Å². The molecular formula is C77H117NO29. The van der Waals surface area contributed by atoms with Crippen LogP contribution in [0.1, 0.15) is 234 Å². The Morgan fingerprint density at radius 3 is 1.37 bits per heavy atom. The van der Waals surface area contributed by atoms with Gasteiger partial charge in [0.05, 0.1) is 52.8 Å². The maximum Gasteiger partial charge on any atom is 0.350 e. The molecule has 4 aliphatic carbocycles. The minimum absolute atomic E-state index is 0.0599. The summed E-state index contributed by atoms with van der Waals surface area (Å²) in [5, 5.41) is 28.2. The first kappa shape index (κ1) is 86.4. The van der Waals surface area contributed by atoms with Crippen molar-refractivity contribution in [2.45, 2.75) is 350 Å². The summed E-state index contributed by atoms with van der Waals surface area (Å²) < 4.78 is 92.2. The van der Waals surface area contributed by atoms with Gasteiger partial charge in [-0.1, -0.05) is 67.7 Å². The quantitative estimate of drug-likeness (QED) is 0.122. The lowest BCUT2D eigenvalue weighted by molar-refractivity contribution is -0.246. The molecule has 0 aromatic rings. The Balaban J connectivity index is 0.000000166. The van der Waals surface area contributed by atoms with Gasteiger partial charge >= 0.3 is 59.7 Å². The van der Waals surface area contributed by atoms with Crippen molar-refractivity contribution in [3.8, 4) is 6.07 Å². The van der Waals surface area contributed by atoms with Gasteiger partial charge in [0.2, 0.25) is 18.3 Å². The standard InChI is InChI=1S/C18H26O7.C15H19NO4.C15H22O7.C12H18O7.C8H12O2.C7H14O2.C2H6/c1-4-17(2,3)16(20)23-12-10-11(21-14(12)19)13-15(22-10)25-18(24-13)8-6-5-7-9-18;1-4-14(2,3)12(17)19-10-8-5-9-11(10)20-13(18)15(9,6-8)7-16;1-6-14(2,3)13(17)20-9-7-8(18-11(9)16)10-12(19-7)22-15(4,5)21-10;1-4-12(2,3)11(16)19-8-7-6(17-10(8)15)5(13)9(14)18-7;9-8-7-4-2-1-3-6(7)5-10-8;1-5-7(2,3)6(8)9-4;1-2/h10-13,15H,4-9H2,1-3H3;8-11H,4-6H2,1-3H3;7-10,12H,6H2,1-5H3;5-9,13-14H,4H2,1-3H3;6-7H,1-5H2;5H2,1-4H3;1-2H3. The van der Waals surface area contributed by atoms with Crippen molar-refractivity contribution in [1.29, 1.82) is 5.26 Å². The van der Waals surface area contributed by atoms with E-state index in [-0.39, 0.29) is 47.2 Å². The van der Waals surface area contributed by atoms with Crippen LogP contribution in [0.3, 0.4) is 0 Å². The van der Waals surface area contributed by atoms with Crippen LogP contribution in [-0.2, 0) is 128 Å². The van der Waals surface area contributed by atoms with E-state index in [9.17, 15) is 63.4 Å². The molecule has 0 radical (unpaired) electrons. The second kappa shape index (κ2) is 33.8. The van der Waals surface area contributed by atoms with Crippen LogP contribution in [-0.4, -0.2) is 200 Å². The number of fused-ring (bicyclic) bond motifs is 9. The number of aliphatic hydroxyl groups is 2. The molecule has 10 aliphatic heterocycles. The van der Waals surface area contributed by atoms with Gasteiger partial charge in [-0.05, 0) is 154 Å². The van der Waals surface area contributed by atoms with Crippen LogP contribution < -0.4 is 0 Å². The maximum absolute atomic E-state index is 12.3. The third-order valence-corrected chi connectivity index (χ3v) is 23.9. The average molecular weight is 1520 g/mol. The average Bonchev–Trinajstić information content (AvgIpc) is 1.57. The number of ether oxygens (including phenoxy) is 17. The Morgan fingerprint density at radius 2 is 0.925 bits per heavy atom. The van der Waals surface area contributed by atoms with Crippen molar-refractivity contribution in [2.24, 2.45) is 56.2 Å². The van der Waals surface area contributed by atoms with E-state index in [1.54, 1.807) is 55.4 Å². The van der Waals surface area contributed by atoms with Crippen molar-refractivity contribution < 1.29 is 139 Å². The number of nitrogens with zero attached hydrogens (tertiary/aromatic N) is 1. The summed E-state index contributed by atoms with van der Waals surface area (Å²) in [5.41, 5.74) is -3.87. The fourth-order valence-corrected chi connectivity index (χ4v) is 14.8. The predicted octanol–water partition coefficient (Wildman–Crippen LogP) is 8.32. The lowest BCUT2D eigenvalue weighted by atomic mass is 9.74. The molecule has 604 valence electrons. The van der Waals surface area contributed by atoms with Crippen molar-refractivity contribution in [2.75, 3.05) is 13.7 Å². The van der Waals surface area contributed by atoms with Crippen molar-refractivity contribution >= 4 is 59.7 Å². The molecule has 10 heterocycles. The van der Waals surface area contributed by atoms with Crippen LogP contribution in [0.25, 0.3) is 0 Å². The highest BCUT2D eigenvalue weighted by atomic mass is 16.9. The molecule has 14 fully saturated rings. The van der Waals surface area contributed by atoms with Crippen LogP contribution >= 0.6 is 0 Å². The Bertz CT molecular complexity index is 3270. The van der Waals surface area contributed by atoms with Crippen LogP contribution in [0.2, 0.25) is 0 Å². The molecule has 2 bridgehead atoms. The number of carbonyl (C=O) groups excluding carboxylic acids is 10. The van der Waals surface area contributed by atoms with Crippen molar-refractivity contribution in [3.63, 3.8) is 0 Å². The van der Waals surface area contributed by atoms with E-state index in [1.165, 1.54) is 32.8 Å². The molecule has 14 aliphatic rings. The second-order valence-corrected chi connectivity index (χ2v) is 33.5. The number of carbonyl (C=O) groups is 10. The molecule has 30 heteroatoms. The van der Waals surface area contributed by atoms with E-state index in [4.69, 9.17) is 75.8 Å². The van der Waals surface area contributed by atoms with Crippen molar-refractivity contribution in [1.82, 2.24) is 0 Å². The first-order valence-electron chi connectivity index (χ1n) is 38.4. The molecule has 0 amide bonds. The van der Waals surface area contributed by atoms with E-state index in [0.717, 1.165) is 44.9 Å². The highest BCUT2D eigenvalue weighted by molar-refractivity contribution is 5.87. The van der Waals surface area contributed by atoms with Gasteiger partial charge in [-0.3, -0.25) is 33.6 Å². The van der Waals surface area contributed by atoms with Gasteiger partial charge < -0.3 is 90.7 Å². The fourth-order valence-electron chi connectivity index (χ4n) is 14.8. The van der Waals surface area contributed by atoms with Crippen molar-refractivity contribution in [3.05, 3.63) is 0 Å². The lowest BCUT2D eigenvalue weighted by Crippen LogP contribution is -2.42. The maximum atomic E-state index is 12.3. The van der Waals surface area contributed by atoms with E-state index in [2.05, 4.69) is 10.8 Å². The minimum atomic E-state index is -1.44. The summed E-state index contributed by atoms with van der Waals surface area (Å²) in [6, 6.07) is 2.15. The fraction of sp³-hybridized carbons (Fsp3) is 0.857. The molecule has 30 nitrogen and oxygen atoms in total. The highest BCUT2D eigenvalue weighted by Crippen LogP contribution is 2.62.